The van der Waals surface area contributed by atoms with Gasteiger partial charge in [0.2, 0.25) is 21.8 Å². The van der Waals surface area contributed by atoms with Crippen LogP contribution in [0.15, 0.2) is 83.3 Å². The summed E-state index contributed by atoms with van der Waals surface area (Å²) in [6.07, 6.45) is 2.10. The third-order valence-corrected chi connectivity index (χ3v) is 8.21. The second-order valence-corrected chi connectivity index (χ2v) is 12.6. The van der Waals surface area contributed by atoms with E-state index in [2.05, 4.69) is 21.2 Å². The molecular formula is C30H36BrN3O4S. The van der Waals surface area contributed by atoms with Gasteiger partial charge in [-0.25, -0.2) is 8.42 Å². The second kappa shape index (κ2) is 13.8. The van der Waals surface area contributed by atoms with E-state index in [4.69, 9.17) is 0 Å². The first kappa shape index (κ1) is 30.4. The minimum atomic E-state index is -3.79. The van der Waals surface area contributed by atoms with Crippen molar-refractivity contribution >= 4 is 43.5 Å². The van der Waals surface area contributed by atoms with Gasteiger partial charge in [-0.15, -0.1) is 0 Å². The maximum absolute atomic E-state index is 14.0. The van der Waals surface area contributed by atoms with Crippen molar-refractivity contribution in [3.05, 3.63) is 100 Å². The van der Waals surface area contributed by atoms with Gasteiger partial charge in [-0.1, -0.05) is 83.0 Å². The Kier molecular flexibility index (Phi) is 10.7. The average molecular weight is 615 g/mol. The zero-order valence-corrected chi connectivity index (χ0v) is 25.2. The van der Waals surface area contributed by atoms with Crippen LogP contribution in [0.1, 0.15) is 37.0 Å². The molecule has 0 saturated carbocycles. The van der Waals surface area contributed by atoms with Gasteiger partial charge >= 0.3 is 0 Å². The number of halogens is 1. The van der Waals surface area contributed by atoms with Crippen molar-refractivity contribution in [2.45, 2.75) is 52.2 Å². The van der Waals surface area contributed by atoms with Crippen LogP contribution in [0.25, 0.3) is 0 Å². The fraction of sp³-hybridized carbons (Fsp3) is 0.333. The quantitative estimate of drug-likeness (QED) is 0.309. The van der Waals surface area contributed by atoms with Gasteiger partial charge < -0.3 is 10.2 Å². The van der Waals surface area contributed by atoms with Crippen LogP contribution in [0, 0.1) is 6.92 Å². The number of sulfonamides is 1. The lowest BCUT2D eigenvalue weighted by atomic mass is 10.0. The number of nitrogens with one attached hydrogen (secondary N) is 1. The molecule has 3 rings (SSSR count). The largest absolute Gasteiger partial charge is 0.352 e. The minimum absolute atomic E-state index is 0.0829. The molecule has 0 spiro atoms. The molecule has 7 nitrogen and oxygen atoms in total. The molecule has 0 unspecified atom stereocenters. The maximum Gasteiger partial charge on any atom is 0.244 e. The van der Waals surface area contributed by atoms with Crippen LogP contribution in [0.3, 0.4) is 0 Å². The molecule has 0 bridgehead atoms. The van der Waals surface area contributed by atoms with E-state index in [9.17, 15) is 18.0 Å². The summed E-state index contributed by atoms with van der Waals surface area (Å²) >= 11 is 3.44. The summed E-state index contributed by atoms with van der Waals surface area (Å²) in [4.78, 5) is 29.2. The molecule has 1 N–H and O–H groups in total. The predicted molar refractivity (Wildman–Crippen MR) is 160 cm³/mol. The Hall–Kier alpha value is -3.17. The molecule has 3 aromatic rings. The Morgan fingerprint density at radius 2 is 1.54 bits per heavy atom. The molecule has 0 aliphatic heterocycles. The van der Waals surface area contributed by atoms with Crippen molar-refractivity contribution in [3.8, 4) is 0 Å². The number of amides is 2. The van der Waals surface area contributed by atoms with Crippen molar-refractivity contribution in [1.29, 1.82) is 0 Å². The molecule has 2 atom stereocenters. The second-order valence-electron chi connectivity index (χ2n) is 9.78. The number of nitrogens with zero attached hydrogens (tertiary/aromatic N) is 2. The summed E-state index contributed by atoms with van der Waals surface area (Å²) < 4.78 is 27.6. The number of carbonyl (C=O) groups excluding carboxylic acids is 2. The number of rotatable bonds is 12. The Bertz CT molecular complexity index is 1350. The summed E-state index contributed by atoms with van der Waals surface area (Å²) in [5.74, 6) is -0.746. The molecule has 0 fully saturated rings. The summed E-state index contributed by atoms with van der Waals surface area (Å²) in [6, 6.07) is 23.1. The lowest BCUT2D eigenvalue weighted by Crippen LogP contribution is -2.54. The fourth-order valence-corrected chi connectivity index (χ4v) is 5.22. The van der Waals surface area contributed by atoms with Crippen LogP contribution in [0.4, 0.5) is 5.69 Å². The summed E-state index contributed by atoms with van der Waals surface area (Å²) in [6.45, 7) is 5.52. The van der Waals surface area contributed by atoms with E-state index in [1.54, 1.807) is 24.3 Å². The standard InChI is InChI=1S/C30H36BrN3O4S/c1-5-23(3)32-30(36)28(19-24-9-7-6-8-10-24)33(20-25-13-15-26(31)16-14-25)29(35)21-34(39(4,37)38)27-17-11-22(2)12-18-27/h6-18,23,28H,5,19-21H2,1-4H3,(H,32,36)/t23-,28-/m0/s1. The molecule has 208 valence electrons. The van der Waals surface area contributed by atoms with Gasteiger partial charge in [0.05, 0.1) is 11.9 Å². The fourth-order valence-electron chi connectivity index (χ4n) is 4.11. The molecular weight excluding hydrogens is 578 g/mol. The molecule has 9 heteroatoms. The molecule has 0 aromatic heterocycles. The van der Waals surface area contributed by atoms with E-state index in [-0.39, 0.29) is 24.9 Å². The molecule has 0 radical (unpaired) electrons. The number of carbonyl (C=O) groups is 2. The van der Waals surface area contributed by atoms with E-state index in [0.29, 0.717) is 5.69 Å². The Morgan fingerprint density at radius 1 is 0.923 bits per heavy atom. The van der Waals surface area contributed by atoms with Crippen LogP contribution in [-0.2, 0) is 32.6 Å². The van der Waals surface area contributed by atoms with Gasteiger partial charge in [0.1, 0.15) is 12.6 Å². The zero-order chi connectivity index (χ0) is 28.6. The highest BCUT2D eigenvalue weighted by atomic mass is 79.9. The van der Waals surface area contributed by atoms with E-state index in [0.717, 1.165) is 38.1 Å². The van der Waals surface area contributed by atoms with Crippen molar-refractivity contribution < 1.29 is 18.0 Å². The van der Waals surface area contributed by atoms with Crippen molar-refractivity contribution in [2.24, 2.45) is 0 Å². The van der Waals surface area contributed by atoms with E-state index in [1.807, 2.05) is 75.4 Å². The first-order valence-electron chi connectivity index (χ1n) is 12.9. The molecule has 2 amide bonds. The van der Waals surface area contributed by atoms with Gasteiger partial charge in [0, 0.05) is 23.5 Å². The van der Waals surface area contributed by atoms with Crippen LogP contribution >= 0.6 is 15.9 Å². The normalized spacial score (nSPS) is 12.8. The SMILES string of the molecule is CC[C@H](C)NC(=O)[C@H](Cc1ccccc1)N(Cc1ccc(Br)cc1)C(=O)CN(c1ccc(C)cc1)S(C)(=O)=O. The molecule has 0 aliphatic rings. The summed E-state index contributed by atoms with van der Waals surface area (Å²) in [5, 5.41) is 3.03. The van der Waals surface area contributed by atoms with Gasteiger partial charge in [-0.3, -0.25) is 13.9 Å². The summed E-state index contributed by atoms with van der Waals surface area (Å²) in [5.41, 5.74) is 3.08. The van der Waals surface area contributed by atoms with Crippen molar-refractivity contribution in [1.82, 2.24) is 10.2 Å². The Balaban J connectivity index is 2.04. The number of benzene rings is 3. The average Bonchev–Trinajstić information content (AvgIpc) is 2.90. The number of anilines is 1. The highest BCUT2D eigenvalue weighted by Gasteiger charge is 2.33. The first-order valence-corrected chi connectivity index (χ1v) is 15.5. The molecule has 39 heavy (non-hydrogen) atoms. The predicted octanol–water partition coefficient (Wildman–Crippen LogP) is 5.08. The third-order valence-electron chi connectivity index (χ3n) is 6.54. The van der Waals surface area contributed by atoms with Gasteiger partial charge in [-0.05, 0) is 55.7 Å². The lowest BCUT2D eigenvalue weighted by molar-refractivity contribution is -0.140. The molecule has 0 aliphatic carbocycles. The van der Waals surface area contributed by atoms with Gasteiger partial charge in [-0.2, -0.15) is 0 Å². The van der Waals surface area contributed by atoms with Crippen LogP contribution in [-0.4, -0.2) is 50.0 Å². The van der Waals surface area contributed by atoms with Crippen LogP contribution in [0.2, 0.25) is 0 Å². The summed E-state index contributed by atoms with van der Waals surface area (Å²) in [7, 11) is -3.79. The molecule has 0 saturated heterocycles. The van der Waals surface area contributed by atoms with Crippen LogP contribution < -0.4 is 9.62 Å². The Labute approximate surface area is 240 Å². The number of aryl methyl sites for hydroxylation is 1. The van der Waals surface area contributed by atoms with Gasteiger partial charge in [0.25, 0.3) is 0 Å². The maximum atomic E-state index is 14.0. The topological polar surface area (TPSA) is 86.8 Å². The highest BCUT2D eigenvalue weighted by Crippen LogP contribution is 2.21. The third kappa shape index (κ3) is 8.93. The number of hydrogen-bond acceptors (Lipinski definition) is 4. The smallest absolute Gasteiger partial charge is 0.244 e. The molecule has 0 heterocycles. The van der Waals surface area contributed by atoms with Crippen LogP contribution in [0.5, 0.6) is 0 Å². The van der Waals surface area contributed by atoms with E-state index < -0.39 is 28.5 Å². The van der Waals surface area contributed by atoms with Gasteiger partial charge in [0.15, 0.2) is 0 Å². The van der Waals surface area contributed by atoms with Crippen molar-refractivity contribution in [3.63, 3.8) is 0 Å². The van der Waals surface area contributed by atoms with E-state index in [1.165, 1.54) is 4.90 Å². The van der Waals surface area contributed by atoms with Crippen molar-refractivity contribution in [2.75, 3.05) is 17.1 Å². The Morgan fingerprint density at radius 3 is 2.10 bits per heavy atom. The highest BCUT2D eigenvalue weighted by molar-refractivity contribution is 9.10. The minimum Gasteiger partial charge on any atom is -0.352 e. The monoisotopic (exact) mass is 613 g/mol. The first-order chi connectivity index (χ1) is 18.5. The number of hydrogen-bond donors (Lipinski definition) is 1. The lowest BCUT2D eigenvalue weighted by Gasteiger charge is -2.34. The van der Waals surface area contributed by atoms with E-state index >= 15 is 0 Å². The zero-order valence-electron chi connectivity index (χ0n) is 22.8. The molecule has 3 aromatic carbocycles.